The summed E-state index contributed by atoms with van der Waals surface area (Å²) in [7, 11) is 0. The molecule has 9 heavy (non-hydrogen) atoms. The molecule has 0 spiro atoms. The number of hydrogen-bond acceptors (Lipinski definition) is 4. The van der Waals surface area contributed by atoms with Crippen LogP contribution in [0.15, 0.2) is 20.7 Å². The zero-order valence-corrected chi connectivity index (χ0v) is 5.84. The average molecular weight is 147 g/mol. The Balaban J connectivity index is 2.53. The van der Waals surface area contributed by atoms with Crippen molar-refractivity contribution in [3.05, 3.63) is 0 Å². The highest BCUT2D eigenvalue weighted by Crippen LogP contribution is 2.29. The van der Waals surface area contributed by atoms with E-state index in [1.807, 2.05) is 6.92 Å². The quantitative estimate of drug-likeness (QED) is 0.425. The summed E-state index contributed by atoms with van der Waals surface area (Å²) in [5, 5.41) is 13.0. The molecule has 1 aliphatic rings. The van der Waals surface area contributed by atoms with Crippen LogP contribution in [0.5, 0.6) is 0 Å². The molecular weight excluding hydrogens is 140 g/mol. The van der Waals surface area contributed by atoms with Gasteiger partial charge in [0.15, 0.2) is 0 Å². The van der Waals surface area contributed by atoms with Crippen LogP contribution in [0.4, 0.5) is 0 Å². The molecule has 0 saturated carbocycles. The maximum atomic E-state index is 5.75. The highest BCUT2D eigenvalue weighted by Gasteiger charge is 2.27. The van der Waals surface area contributed by atoms with E-state index in [2.05, 4.69) is 20.7 Å². The van der Waals surface area contributed by atoms with Gasteiger partial charge in [0.05, 0.1) is 0 Å². The van der Waals surface area contributed by atoms with E-state index in [1.54, 1.807) is 0 Å². The molecule has 50 valence electrons. The lowest BCUT2D eigenvalue weighted by atomic mass is 10.3. The molecule has 0 bridgehead atoms. The normalized spacial score (nSPS) is 21.1. The van der Waals surface area contributed by atoms with Crippen LogP contribution in [0, 0.1) is 0 Å². The standard InChI is InChI=1S/C4H7ClN4/c1-2-3-4(5)6-8-9-7-4/h2-3H2,1H3. The Kier molecular flexibility index (Phi) is 1.75. The van der Waals surface area contributed by atoms with Crippen LogP contribution >= 0.6 is 11.6 Å². The van der Waals surface area contributed by atoms with Gasteiger partial charge in [0.2, 0.25) is 0 Å². The van der Waals surface area contributed by atoms with Crippen LogP contribution < -0.4 is 0 Å². The molecule has 5 heteroatoms. The summed E-state index contributed by atoms with van der Waals surface area (Å²) >= 11 is 5.75. The Labute approximate surface area is 58.0 Å². The van der Waals surface area contributed by atoms with Gasteiger partial charge in [-0.1, -0.05) is 24.9 Å². The Hall–Kier alpha value is -0.510. The molecular formula is C4H7ClN4. The monoisotopic (exact) mass is 146 g/mol. The number of halogens is 1. The Morgan fingerprint density at radius 1 is 1.33 bits per heavy atom. The van der Waals surface area contributed by atoms with Crippen molar-refractivity contribution in [2.75, 3.05) is 0 Å². The van der Waals surface area contributed by atoms with Crippen molar-refractivity contribution in [2.24, 2.45) is 20.7 Å². The lowest BCUT2D eigenvalue weighted by Crippen LogP contribution is -2.10. The first-order chi connectivity index (χ1) is 4.27. The van der Waals surface area contributed by atoms with E-state index in [0.717, 1.165) is 6.42 Å². The lowest BCUT2D eigenvalue weighted by Gasteiger charge is -2.06. The highest BCUT2D eigenvalue weighted by atomic mass is 35.5. The summed E-state index contributed by atoms with van der Waals surface area (Å²) in [5.74, 6) is 0. The fourth-order valence-corrected chi connectivity index (χ4v) is 0.872. The zero-order chi connectivity index (χ0) is 6.74. The minimum Gasteiger partial charge on any atom is -0.118 e. The molecule has 0 aromatic heterocycles. The Bertz CT molecular complexity index is 141. The molecule has 0 fully saturated rings. The van der Waals surface area contributed by atoms with Gasteiger partial charge in [-0.2, -0.15) is 0 Å². The van der Waals surface area contributed by atoms with Crippen LogP contribution in [0.1, 0.15) is 19.8 Å². The molecule has 4 nitrogen and oxygen atoms in total. The van der Waals surface area contributed by atoms with Crippen LogP contribution in [-0.2, 0) is 0 Å². The van der Waals surface area contributed by atoms with Crippen LogP contribution in [0.25, 0.3) is 0 Å². The SMILES string of the molecule is CCCC1(Cl)N=NN=N1. The molecule has 0 radical (unpaired) electrons. The molecule has 1 heterocycles. The molecule has 0 aromatic rings. The summed E-state index contributed by atoms with van der Waals surface area (Å²) in [5.41, 5.74) is 0. The Morgan fingerprint density at radius 2 is 1.89 bits per heavy atom. The molecule has 0 aromatic carbocycles. The van der Waals surface area contributed by atoms with Gasteiger partial charge in [-0.15, -0.1) is 10.2 Å². The van der Waals surface area contributed by atoms with Crippen molar-refractivity contribution in [3.8, 4) is 0 Å². The fraction of sp³-hybridized carbons (Fsp3) is 1.00. The summed E-state index contributed by atoms with van der Waals surface area (Å²) in [4.78, 5) is 0. The molecule has 1 aliphatic heterocycles. The molecule has 0 amide bonds. The van der Waals surface area contributed by atoms with Crippen LogP contribution in [0.2, 0.25) is 0 Å². The third-order valence-corrected chi connectivity index (χ3v) is 1.34. The van der Waals surface area contributed by atoms with E-state index >= 15 is 0 Å². The maximum Gasteiger partial charge on any atom is 0.267 e. The summed E-state index contributed by atoms with van der Waals surface area (Å²) < 4.78 is 0. The second-order valence-corrected chi connectivity index (χ2v) is 2.45. The predicted molar refractivity (Wildman–Crippen MR) is 33.2 cm³/mol. The van der Waals surface area contributed by atoms with Gasteiger partial charge < -0.3 is 0 Å². The number of rotatable bonds is 2. The second-order valence-electron chi connectivity index (χ2n) is 1.85. The minimum absolute atomic E-state index is 0.696. The summed E-state index contributed by atoms with van der Waals surface area (Å²) in [6.45, 7) is 2.01. The summed E-state index contributed by atoms with van der Waals surface area (Å²) in [6, 6.07) is 0. The van der Waals surface area contributed by atoms with E-state index in [1.165, 1.54) is 0 Å². The zero-order valence-electron chi connectivity index (χ0n) is 5.08. The maximum absolute atomic E-state index is 5.75. The van der Waals surface area contributed by atoms with E-state index < -0.39 is 5.12 Å². The number of nitrogens with zero attached hydrogens (tertiary/aromatic N) is 4. The number of alkyl halides is 1. The Morgan fingerprint density at radius 3 is 2.33 bits per heavy atom. The second kappa shape index (κ2) is 2.39. The largest absolute Gasteiger partial charge is 0.267 e. The topological polar surface area (TPSA) is 49.4 Å². The smallest absolute Gasteiger partial charge is 0.118 e. The van der Waals surface area contributed by atoms with Gasteiger partial charge in [0.25, 0.3) is 5.12 Å². The molecule has 0 saturated heterocycles. The van der Waals surface area contributed by atoms with Crippen molar-refractivity contribution in [3.63, 3.8) is 0 Å². The van der Waals surface area contributed by atoms with E-state index in [9.17, 15) is 0 Å². The molecule has 0 aliphatic carbocycles. The van der Waals surface area contributed by atoms with E-state index in [4.69, 9.17) is 11.6 Å². The predicted octanol–water partition coefficient (Wildman–Crippen LogP) is 2.51. The first-order valence-electron chi connectivity index (χ1n) is 2.80. The van der Waals surface area contributed by atoms with Crippen LogP contribution in [-0.4, -0.2) is 5.12 Å². The van der Waals surface area contributed by atoms with Gasteiger partial charge >= 0.3 is 0 Å². The summed E-state index contributed by atoms with van der Waals surface area (Å²) in [6.07, 6.45) is 1.63. The third-order valence-electron chi connectivity index (χ3n) is 1.00. The first kappa shape index (κ1) is 6.61. The minimum atomic E-state index is -0.866. The molecule has 0 atom stereocenters. The molecule has 1 rings (SSSR count). The van der Waals surface area contributed by atoms with Gasteiger partial charge in [0, 0.05) is 6.42 Å². The van der Waals surface area contributed by atoms with Crippen molar-refractivity contribution < 1.29 is 0 Å². The third kappa shape index (κ3) is 1.45. The van der Waals surface area contributed by atoms with Crippen molar-refractivity contribution in [1.29, 1.82) is 0 Å². The first-order valence-corrected chi connectivity index (χ1v) is 3.17. The van der Waals surface area contributed by atoms with Gasteiger partial charge in [0.1, 0.15) is 0 Å². The van der Waals surface area contributed by atoms with Crippen LogP contribution in [0.3, 0.4) is 0 Å². The van der Waals surface area contributed by atoms with Crippen molar-refractivity contribution in [2.45, 2.75) is 24.9 Å². The van der Waals surface area contributed by atoms with Crippen molar-refractivity contribution >= 4 is 11.6 Å². The van der Waals surface area contributed by atoms with Gasteiger partial charge in [-0.05, 0) is 10.4 Å². The highest BCUT2D eigenvalue weighted by molar-refractivity contribution is 6.23. The molecule has 0 N–H and O–H groups in total. The molecule has 0 unspecified atom stereocenters. The van der Waals surface area contributed by atoms with Crippen molar-refractivity contribution in [1.82, 2.24) is 0 Å². The van der Waals surface area contributed by atoms with E-state index in [-0.39, 0.29) is 0 Å². The van der Waals surface area contributed by atoms with E-state index in [0.29, 0.717) is 6.42 Å². The average Bonchev–Trinajstić information content (AvgIpc) is 2.16. The fourth-order valence-electron chi connectivity index (χ4n) is 0.615. The number of hydrogen-bond donors (Lipinski definition) is 0. The lowest BCUT2D eigenvalue weighted by molar-refractivity contribution is 0.560. The van der Waals surface area contributed by atoms with Gasteiger partial charge in [-0.3, -0.25) is 0 Å². The van der Waals surface area contributed by atoms with Gasteiger partial charge in [-0.25, -0.2) is 0 Å².